The Balaban J connectivity index is 1.56. The van der Waals surface area contributed by atoms with E-state index in [0.29, 0.717) is 17.0 Å². The second-order valence-corrected chi connectivity index (χ2v) is 8.43. The third-order valence-corrected chi connectivity index (χ3v) is 5.98. The summed E-state index contributed by atoms with van der Waals surface area (Å²) in [6.07, 6.45) is 9.23. The molecule has 1 aliphatic carbocycles. The number of benzene rings is 2. The minimum Gasteiger partial charge on any atom is -0.351 e. The molecular weight excluding hydrogens is 408 g/mol. The first kappa shape index (κ1) is 19.8. The van der Waals surface area contributed by atoms with Gasteiger partial charge in [-0.2, -0.15) is 15.1 Å². The smallest absolute Gasteiger partial charge is 0.226 e. The molecule has 6 nitrogen and oxygen atoms in total. The lowest BCUT2D eigenvalue weighted by Crippen LogP contribution is -2.20. The fourth-order valence-corrected chi connectivity index (χ4v) is 4.23. The van der Waals surface area contributed by atoms with Gasteiger partial charge in [0.25, 0.3) is 0 Å². The second-order valence-electron chi connectivity index (χ2n) is 7.99. The third kappa shape index (κ3) is 4.49. The van der Waals surface area contributed by atoms with E-state index in [1.807, 2.05) is 65.5 Å². The highest BCUT2D eigenvalue weighted by molar-refractivity contribution is 6.30. The summed E-state index contributed by atoms with van der Waals surface area (Å²) in [5.74, 6) is 1.36. The Morgan fingerprint density at radius 2 is 1.61 bits per heavy atom. The van der Waals surface area contributed by atoms with Gasteiger partial charge in [-0.1, -0.05) is 55.5 Å². The number of fused-ring (bicyclic) bond motifs is 1. The van der Waals surface area contributed by atoms with Crippen molar-refractivity contribution >= 4 is 40.1 Å². The van der Waals surface area contributed by atoms with Crippen LogP contribution in [0.4, 0.5) is 17.5 Å². The highest BCUT2D eigenvalue weighted by Gasteiger charge is 2.18. The van der Waals surface area contributed by atoms with Crippen LogP contribution in [-0.4, -0.2) is 25.8 Å². The normalized spacial score (nSPS) is 15.0. The first-order valence-corrected chi connectivity index (χ1v) is 11.2. The van der Waals surface area contributed by atoms with Crippen LogP contribution in [0.1, 0.15) is 38.5 Å². The van der Waals surface area contributed by atoms with Gasteiger partial charge in [0, 0.05) is 16.8 Å². The maximum Gasteiger partial charge on any atom is 0.226 e. The van der Waals surface area contributed by atoms with Crippen LogP contribution >= 0.6 is 11.6 Å². The number of hydrogen-bond acceptors (Lipinski definition) is 5. The van der Waals surface area contributed by atoms with E-state index in [4.69, 9.17) is 21.6 Å². The molecule has 0 radical (unpaired) electrons. The molecule has 0 spiro atoms. The summed E-state index contributed by atoms with van der Waals surface area (Å²) in [5, 5.41) is 13.2. The topological polar surface area (TPSA) is 67.7 Å². The van der Waals surface area contributed by atoms with Crippen LogP contribution in [0, 0.1) is 0 Å². The zero-order valence-corrected chi connectivity index (χ0v) is 18.0. The fourth-order valence-electron chi connectivity index (χ4n) is 4.10. The zero-order chi connectivity index (χ0) is 21.0. The Morgan fingerprint density at radius 1 is 0.871 bits per heavy atom. The molecule has 2 N–H and O–H groups in total. The SMILES string of the molecule is Clc1ccc(Nc2nc(NC3CCCCCC3)nc3c2cnn3-c2ccccc2)cc1. The van der Waals surface area contributed by atoms with E-state index in [1.54, 1.807) is 0 Å². The molecule has 2 aromatic carbocycles. The van der Waals surface area contributed by atoms with Gasteiger partial charge >= 0.3 is 0 Å². The molecule has 7 heteroatoms. The van der Waals surface area contributed by atoms with Crippen molar-refractivity contribution in [3.8, 4) is 5.69 Å². The number of nitrogens with zero attached hydrogens (tertiary/aromatic N) is 4. The molecule has 31 heavy (non-hydrogen) atoms. The van der Waals surface area contributed by atoms with E-state index in [9.17, 15) is 0 Å². The molecule has 158 valence electrons. The van der Waals surface area contributed by atoms with Gasteiger partial charge in [0.05, 0.1) is 17.3 Å². The van der Waals surface area contributed by atoms with Crippen molar-refractivity contribution in [1.82, 2.24) is 19.7 Å². The fraction of sp³-hybridized carbons (Fsp3) is 0.292. The molecule has 1 saturated carbocycles. The molecule has 0 saturated heterocycles. The molecule has 5 rings (SSSR count). The summed E-state index contributed by atoms with van der Waals surface area (Å²) >= 11 is 6.05. The molecule has 0 atom stereocenters. The van der Waals surface area contributed by atoms with Gasteiger partial charge in [0.15, 0.2) is 5.65 Å². The van der Waals surface area contributed by atoms with E-state index >= 15 is 0 Å². The Morgan fingerprint density at radius 3 is 2.35 bits per heavy atom. The van der Waals surface area contributed by atoms with E-state index in [2.05, 4.69) is 15.7 Å². The van der Waals surface area contributed by atoms with Crippen molar-refractivity contribution in [2.45, 2.75) is 44.6 Å². The quantitative estimate of drug-likeness (QED) is 0.360. The average molecular weight is 433 g/mol. The molecular formula is C24H25ClN6. The zero-order valence-electron chi connectivity index (χ0n) is 17.3. The molecule has 0 aliphatic heterocycles. The highest BCUT2D eigenvalue weighted by atomic mass is 35.5. The van der Waals surface area contributed by atoms with Crippen LogP contribution in [0.3, 0.4) is 0 Å². The minimum absolute atomic E-state index is 0.399. The Labute approximate surface area is 186 Å². The van der Waals surface area contributed by atoms with Crippen molar-refractivity contribution in [3.05, 3.63) is 65.8 Å². The lowest BCUT2D eigenvalue weighted by atomic mass is 10.1. The maximum atomic E-state index is 6.05. The van der Waals surface area contributed by atoms with Crippen molar-refractivity contribution < 1.29 is 0 Å². The number of hydrogen-bond donors (Lipinski definition) is 2. The molecule has 2 aromatic heterocycles. The number of para-hydroxylation sites is 1. The number of halogens is 1. The molecule has 0 amide bonds. The molecule has 2 heterocycles. The standard InChI is InChI=1S/C24H25ClN6/c25-17-12-14-19(15-13-17)27-22-21-16-26-31(20-10-6-3-7-11-20)23(21)30-24(29-22)28-18-8-4-1-2-5-9-18/h3,6-7,10-16,18H,1-2,4-5,8-9H2,(H2,27,28,29,30). The number of anilines is 3. The van der Waals surface area contributed by atoms with Crippen LogP contribution in [0.2, 0.25) is 5.02 Å². The van der Waals surface area contributed by atoms with Gasteiger partial charge in [-0.15, -0.1) is 0 Å². The first-order chi connectivity index (χ1) is 15.3. The van der Waals surface area contributed by atoms with Crippen molar-refractivity contribution in [2.75, 3.05) is 10.6 Å². The lowest BCUT2D eigenvalue weighted by Gasteiger charge is -2.17. The van der Waals surface area contributed by atoms with Gasteiger partial charge in [-0.3, -0.25) is 0 Å². The summed E-state index contributed by atoms with van der Waals surface area (Å²) in [7, 11) is 0. The van der Waals surface area contributed by atoms with Crippen LogP contribution in [0.5, 0.6) is 0 Å². The van der Waals surface area contributed by atoms with E-state index in [-0.39, 0.29) is 0 Å². The van der Waals surface area contributed by atoms with Gasteiger partial charge in [0.1, 0.15) is 5.82 Å². The van der Waals surface area contributed by atoms with Crippen molar-refractivity contribution in [3.63, 3.8) is 0 Å². The minimum atomic E-state index is 0.399. The van der Waals surface area contributed by atoms with Gasteiger partial charge in [-0.05, 0) is 49.2 Å². The maximum absolute atomic E-state index is 6.05. The lowest BCUT2D eigenvalue weighted by molar-refractivity contribution is 0.615. The van der Waals surface area contributed by atoms with Crippen molar-refractivity contribution in [1.29, 1.82) is 0 Å². The Hall–Kier alpha value is -3.12. The summed E-state index contributed by atoms with van der Waals surface area (Å²) in [4.78, 5) is 9.70. The van der Waals surface area contributed by atoms with Gasteiger partial charge in [0.2, 0.25) is 5.95 Å². The first-order valence-electron chi connectivity index (χ1n) is 10.9. The van der Waals surface area contributed by atoms with Crippen LogP contribution in [-0.2, 0) is 0 Å². The number of aromatic nitrogens is 4. The predicted octanol–water partition coefficient (Wildman–Crippen LogP) is 6.35. The monoisotopic (exact) mass is 432 g/mol. The van der Waals surface area contributed by atoms with E-state index < -0.39 is 0 Å². The molecule has 0 unspecified atom stereocenters. The molecule has 1 aliphatic rings. The number of rotatable bonds is 5. The summed E-state index contributed by atoms with van der Waals surface area (Å²) < 4.78 is 1.86. The summed E-state index contributed by atoms with van der Waals surface area (Å²) in [6, 6.07) is 18.1. The van der Waals surface area contributed by atoms with Crippen LogP contribution in [0.25, 0.3) is 16.7 Å². The van der Waals surface area contributed by atoms with Crippen LogP contribution in [0.15, 0.2) is 60.8 Å². The van der Waals surface area contributed by atoms with E-state index in [1.165, 1.54) is 25.7 Å². The number of nitrogens with one attached hydrogen (secondary N) is 2. The van der Waals surface area contributed by atoms with Crippen LogP contribution < -0.4 is 10.6 Å². The largest absolute Gasteiger partial charge is 0.351 e. The van der Waals surface area contributed by atoms with Crippen molar-refractivity contribution in [2.24, 2.45) is 0 Å². The molecule has 0 bridgehead atoms. The molecule has 4 aromatic rings. The van der Waals surface area contributed by atoms with Gasteiger partial charge < -0.3 is 10.6 Å². The highest BCUT2D eigenvalue weighted by Crippen LogP contribution is 2.28. The van der Waals surface area contributed by atoms with E-state index in [0.717, 1.165) is 41.1 Å². The second kappa shape index (κ2) is 8.94. The third-order valence-electron chi connectivity index (χ3n) is 5.72. The Bertz CT molecular complexity index is 1150. The van der Waals surface area contributed by atoms with Gasteiger partial charge in [-0.25, -0.2) is 4.68 Å². The molecule has 1 fully saturated rings. The summed E-state index contributed by atoms with van der Waals surface area (Å²) in [5.41, 5.74) is 2.65. The Kier molecular flexibility index (Phi) is 5.71. The summed E-state index contributed by atoms with van der Waals surface area (Å²) in [6.45, 7) is 0. The predicted molar refractivity (Wildman–Crippen MR) is 127 cm³/mol. The average Bonchev–Trinajstić information content (AvgIpc) is 3.05.